The van der Waals surface area contributed by atoms with E-state index in [4.69, 9.17) is 17.3 Å². The molecule has 1 heterocycles. The second kappa shape index (κ2) is 10.2. The van der Waals surface area contributed by atoms with E-state index in [2.05, 4.69) is 0 Å². The fourth-order valence-electron chi connectivity index (χ4n) is 4.33. The molecule has 0 spiro atoms. The number of fused-ring (bicyclic) bond motifs is 1. The van der Waals surface area contributed by atoms with Crippen molar-refractivity contribution in [3.8, 4) is 0 Å². The first-order chi connectivity index (χ1) is 16.7. The van der Waals surface area contributed by atoms with Gasteiger partial charge in [-0.05, 0) is 60.4 Å². The molecular formula is C26H26ClN3O4S. The number of amides is 2. The maximum absolute atomic E-state index is 13.8. The van der Waals surface area contributed by atoms with Gasteiger partial charge in [-0.25, -0.2) is 8.42 Å². The fourth-order valence-corrected chi connectivity index (χ4v) is 6.03. The van der Waals surface area contributed by atoms with Crippen molar-refractivity contribution in [1.82, 2.24) is 9.21 Å². The molecule has 1 aliphatic heterocycles. The van der Waals surface area contributed by atoms with E-state index in [1.54, 1.807) is 47.4 Å². The van der Waals surface area contributed by atoms with E-state index in [9.17, 15) is 18.0 Å². The molecule has 4 rings (SSSR count). The quantitative estimate of drug-likeness (QED) is 0.497. The molecule has 2 N–H and O–H groups in total. The molecular weight excluding hydrogens is 486 g/mol. The van der Waals surface area contributed by atoms with Gasteiger partial charge in [0.05, 0.1) is 4.90 Å². The van der Waals surface area contributed by atoms with Gasteiger partial charge >= 0.3 is 0 Å². The number of primary amides is 1. The van der Waals surface area contributed by atoms with Crippen LogP contribution in [0.4, 0.5) is 0 Å². The Morgan fingerprint density at radius 1 is 1.09 bits per heavy atom. The average Bonchev–Trinajstić information content (AvgIpc) is 2.84. The molecule has 0 saturated heterocycles. The predicted molar refractivity (Wildman–Crippen MR) is 134 cm³/mol. The lowest BCUT2D eigenvalue weighted by Crippen LogP contribution is -2.41. The van der Waals surface area contributed by atoms with Gasteiger partial charge in [-0.3, -0.25) is 9.59 Å². The van der Waals surface area contributed by atoms with Crippen molar-refractivity contribution in [2.75, 3.05) is 13.1 Å². The Bertz CT molecular complexity index is 1340. The molecule has 9 heteroatoms. The molecule has 35 heavy (non-hydrogen) atoms. The molecule has 0 fully saturated rings. The Hall–Kier alpha value is -3.20. The third-order valence-corrected chi connectivity index (χ3v) is 8.23. The van der Waals surface area contributed by atoms with E-state index in [1.165, 1.54) is 24.3 Å². The van der Waals surface area contributed by atoms with Crippen LogP contribution in [0.25, 0.3) is 0 Å². The lowest BCUT2D eigenvalue weighted by atomic mass is 9.96. The molecule has 3 aromatic carbocycles. The van der Waals surface area contributed by atoms with Crippen molar-refractivity contribution in [3.05, 3.63) is 100 Å². The highest BCUT2D eigenvalue weighted by atomic mass is 35.5. The van der Waals surface area contributed by atoms with Crippen LogP contribution in [-0.4, -0.2) is 42.5 Å². The van der Waals surface area contributed by atoms with Crippen molar-refractivity contribution in [1.29, 1.82) is 0 Å². The van der Waals surface area contributed by atoms with Gasteiger partial charge in [-0.15, -0.1) is 0 Å². The van der Waals surface area contributed by atoms with E-state index in [0.717, 1.165) is 9.87 Å². The topological polar surface area (TPSA) is 101 Å². The van der Waals surface area contributed by atoms with Gasteiger partial charge < -0.3 is 10.6 Å². The normalized spacial score (nSPS) is 14.6. The molecule has 0 bridgehead atoms. The number of carbonyl (C=O) groups is 2. The van der Waals surface area contributed by atoms with E-state index < -0.39 is 22.0 Å². The maximum atomic E-state index is 13.8. The van der Waals surface area contributed by atoms with Gasteiger partial charge in [0.15, 0.2) is 0 Å². The SMILES string of the molecule is CCN1CCc2cc(CN([C@@H](C(N)=O)c3ccccc3)S(=O)(=O)c3ccc(Cl)cc3)ccc2C1=O. The molecule has 7 nitrogen and oxygen atoms in total. The van der Waals surface area contributed by atoms with Crippen LogP contribution in [0.1, 0.15) is 40.0 Å². The largest absolute Gasteiger partial charge is 0.368 e. The zero-order valence-electron chi connectivity index (χ0n) is 19.2. The lowest BCUT2D eigenvalue weighted by molar-refractivity contribution is -0.122. The van der Waals surface area contributed by atoms with Gasteiger partial charge in [-0.2, -0.15) is 4.31 Å². The highest BCUT2D eigenvalue weighted by Gasteiger charge is 2.36. The number of rotatable bonds is 8. The van der Waals surface area contributed by atoms with Gasteiger partial charge in [0.2, 0.25) is 15.9 Å². The van der Waals surface area contributed by atoms with Gasteiger partial charge in [0, 0.05) is 30.2 Å². The Morgan fingerprint density at radius 2 is 1.77 bits per heavy atom. The molecule has 0 unspecified atom stereocenters. The minimum absolute atomic E-state index is 0.00388. The summed E-state index contributed by atoms with van der Waals surface area (Å²) in [5.41, 5.74) is 8.35. The first-order valence-electron chi connectivity index (χ1n) is 11.2. The summed E-state index contributed by atoms with van der Waals surface area (Å²) in [4.78, 5) is 27.1. The first-order valence-corrected chi connectivity index (χ1v) is 13.1. The standard InChI is InChI=1S/C26H26ClN3O4S/c1-2-29-15-14-20-16-18(8-13-23(20)26(29)32)17-30(24(25(28)31)19-6-4-3-5-7-19)35(33,34)22-11-9-21(27)10-12-22/h3-13,16,24H,2,14-15,17H2,1H3,(H2,28,31)/t24-/m1/s1. The Kier molecular flexibility index (Phi) is 7.25. The molecule has 1 atom stereocenters. The van der Waals surface area contributed by atoms with E-state index in [0.29, 0.717) is 41.2 Å². The molecule has 2 amide bonds. The van der Waals surface area contributed by atoms with Crippen LogP contribution in [0.2, 0.25) is 5.02 Å². The van der Waals surface area contributed by atoms with Crippen LogP contribution in [0.15, 0.2) is 77.7 Å². The third-order valence-electron chi connectivity index (χ3n) is 6.15. The van der Waals surface area contributed by atoms with Gasteiger partial charge in [0.25, 0.3) is 5.91 Å². The van der Waals surface area contributed by atoms with Crippen LogP contribution in [0.3, 0.4) is 0 Å². The smallest absolute Gasteiger partial charge is 0.254 e. The molecule has 0 saturated carbocycles. The van der Waals surface area contributed by atoms with Gasteiger partial charge in [-0.1, -0.05) is 54.1 Å². The number of likely N-dealkylation sites (N-methyl/N-ethyl adjacent to an activating group) is 1. The van der Waals surface area contributed by atoms with Crippen LogP contribution in [0.5, 0.6) is 0 Å². The number of sulfonamides is 1. The zero-order valence-corrected chi connectivity index (χ0v) is 20.8. The molecule has 0 radical (unpaired) electrons. The molecule has 0 aliphatic carbocycles. The summed E-state index contributed by atoms with van der Waals surface area (Å²) in [5.74, 6) is -0.828. The summed E-state index contributed by atoms with van der Waals surface area (Å²) in [6, 6.07) is 18.4. The molecule has 182 valence electrons. The highest BCUT2D eigenvalue weighted by Crippen LogP contribution is 2.31. The number of hydrogen-bond acceptors (Lipinski definition) is 4. The number of benzene rings is 3. The van der Waals surface area contributed by atoms with Gasteiger partial charge in [0.1, 0.15) is 6.04 Å². The average molecular weight is 512 g/mol. The maximum Gasteiger partial charge on any atom is 0.254 e. The van der Waals surface area contributed by atoms with Crippen molar-refractivity contribution >= 4 is 33.4 Å². The summed E-state index contributed by atoms with van der Waals surface area (Å²) in [7, 11) is -4.15. The van der Waals surface area contributed by atoms with Crippen LogP contribution >= 0.6 is 11.6 Å². The first kappa shape index (κ1) is 24.9. The highest BCUT2D eigenvalue weighted by molar-refractivity contribution is 7.89. The Labute approximate surface area is 210 Å². The molecule has 3 aromatic rings. The van der Waals surface area contributed by atoms with Crippen LogP contribution < -0.4 is 5.73 Å². The van der Waals surface area contributed by atoms with Crippen molar-refractivity contribution in [2.24, 2.45) is 5.73 Å². The molecule has 0 aromatic heterocycles. The number of halogens is 1. The van der Waals surface area contributed by atoms with E-state index >= 15 is 0 Å². The second-order valence-electron chi connectivity index (χ2n) is 8.35. The Balaban J connectivity index is 1.79. The Morgan fingerprint density at radius 3 is 2.40 bits per heavy atom. The van der Waals surface area contributed by atoms with E-state index in [1.807, 2.05) is 13.0 Å². The molecule has 1 aliphatic rings. The van der Waals surface area contributed by atoms with Crippen molar-refractivity contribution < 1.29 is 18.0 Å². The van der Waals surface area contributed by atoms with Crippen LogP contribution in [0, 0.1) is 0 Å². The number of carbonyl (C=O) groups excluding carboxylic acids is 2. The minimum Gasteiger partial charge on any atom is -0.368 e. The predicted octanol–water partition coefficient (Wildman–Crippen LogP) is 3.78. The van der Waals surface area contributed by atoms with Crippen molar-refractivity contribution in [3.63, 3.8) is 0 Å². The van der Waals surface area contributed by atoms with Crippen molar-refractivity contribution in [2.45, 2.75) is 30.8 Å². The zero-order chi connectivity index (χ0) is 25.2. The number of nitrogens with zero attached hydrogens (tertiary/aromatic N) is 2. The fraction of sp³-hybridized carbons (Fsp3) is 0.231. The minimum atomic E-state index is -4.15. The van der Waals surface area contributed by atoms with Crippen LogP contribution in [-0.2, 0) is 27.8 Å². The number of nitrogens with two attached hydrogens (primary N) is 1. The summed E-state index contributed by atoms with van der Waals surface area (Å²) in [6.07, 6.45) is 0.671. The summed E-state index contributed by atoms with van der Waals surface area (Å²) >= 11 is 5.97. The number of hydrogen-bond donors (Lipinski definition) is 1. The summed E-state index contributed by atoms with van der Waals surface area (Å²) in [6.45, 7) is 3.06. The lowest BCUT2D eigenvalue weighted by Gasteiger charge is -2.31. The van der Waals surface area contributed by atoms with E-state index in [-0.39, 0.29) is 17.3 Å². The monoisotopic (exact) mass is 511 g/mol. The summed E-state index contributed by atoms with van der Waals surface area (Å²) < 4.78 is 28.7. The third kappa shape index (κ3) is 5.10. The second-order valence-corrected chi connectivity index (χ2v) is 10.7. The summed E-state index contributed by atoms with van der Waals surface area (Å²) in [5, 5.41) is 0.394.